The first-order valence-electron chi connectivity index (χ1n) is 5.93. The van der Waals surface area contributed by atoms with Gasteiger partial charge in [0.05, 0.1) is 6.61 Å². The predicted octanol–water partition coefficient (Wildman–Crippen LogP) is 1.42. The summed E-state index contributed by atoms with van der Waals surface area (Å²) in [6.07, 6.45) is 3.32. The van der Waals surface area contributed by atoms with E-state index in [-0.39, 0.29) is 0 Å². The highest BCUT2D eigenvalue weighted by Crippen LogP contribution is 2.16. The molecule has 0 fully saturated rings. The highest BCUT2D eigenvalue weighted by molar-refractivity contribution is 5.66. The van der Waals surface area contributed by atoms with Crippen LogP contribution in [0.2, 0.25) is 0 Å². The van der Waals surface area contributed by atoms with Crippen molar-refractivity contribution in [2.75, 3.05) is 13.2 Å². The van der Waals surface area contributed by atoms with Crippen molar-refractivity contribution < 1.29 is 13.9 Å². The van der Waals surface area contributed by atoms with Gasteiger partial charge in [0.1, 0.15) is 0 Å². The van der Waals surface area contributed by atoms with E-state index in [4.69, 9.17) is 9.15 Å². The lowest BCUT2D eigenvalue weighted by molar-refractivity contribution is 0.152. The summed E-state index contributed by atoms with van der Waals surface area (Å²) >= 11 is 0. The molecule has 2 aromatic heterocycles. The number of hydrogen-bond acceptors (Lipinski definition) is 6. The molecule has 2 rings (SSSR count). The Hall–Kier alpha value is -2.44. The fourth-order valence-corrected chi connectivity index (χ4v) is 1.42. The molecule has 0 spiro atoms. The van der Waals surface area contributed by atoms with Crippen LogP contribution in [0.25, 0.3) is 11.5 Å². The molecule has 1 amide bonds. The maximum absolute atomic E-state index is 11.1. The van der Waals surface area contributed by atoms with E-state index < -0.39 is 6.09 Å². The monoisotopic (exact) mass is 262 g/mol. The molecule has 0 radical (unpaired) electrons. The van der Waals surface area contributed by atoms with Gasteiger partial charge in [-0.25, -0.2) is 4.79 Å². The van der Waals surface area contributed by atoms with E-state index in [0.717, 1.165) is 5.56 Å². The highest BCUT2D eigenvalue weighted by Gasteiger charge is 2.08. The van der Waals surface area contributed by atoms with E-state index in [9.17, 15) is 4.79 Å². The first-order chi connectivity index (χ1) is 9.29. The van der Waals surface area contributed by atoms with Crippen molar-refractivity contribution in [3.8, 4) is 11.5 Å². The summed E-state index contributed by atoms with van der Waals surface area (Å²) in [7, 11) is 0. The number of ether oxygens (including phenoxy) is 1. The molecule has 0 aliphatic carbocycles. The van der Waals surface area contributed by atoms with Crippen LogP contribution < -0.4 is 5.32 Å². The number of rotatable bonds is 5. The normalized spacial score (nSPS) is 10.2. The zero-order valence-corrected chi connectivity index (χ0v) is 10.5. The van der Waals surface area contributed by atoms with Crippen LogP contribution in [0.1, 0.15) is 12.8 Å². The average Bonchev–Trinajstić information content (AvgIpc) is 2.89. The van der Waals surface area contributed by atoms with Gasteiger partial charge in [-0.3, -0.25) is 4.98 Å². The van der Waals surface area contributed by atoms with Crippen LogP contribution in [0.3, 0.4) is 0 Å². The third kappa shape index (κ3) is 3.77. The van der Waals surface area contributed by atoms with Crippen LogP contribution in [0.15, 0.2) is 28.9 Å². The maximum atomic E-state index is 11.1. The molecule has 0 atom stereocenters. The average molecular weight is 262 g/mol. The molecular weight excluding hydrogens is 248 g/mol. The fourth-order valence-electron chi connectivity index (χ4n) is 1.42. The number of nitrogens with one attached hydrogen (secondary N) is 1. The van der Waals surface area contributed by atoms with Crippen LogP contribution >= 0.6 is 0 Å². The molecule has 1 N–H and O–H groups in total. The summed E-state index contributed by atoms with van der Waals surface area (Å²) in [6, 6.07) is 3.57. The minimum atomic E-state index is -0.448. The smallest absolute Gasteiger partial charge is 0.407 e. The Morgan fingerprint density at radius 3 is 2.89 bits per heavy atom. The third-order valence-electron chi connectivity index (χ3n) is 2.28. The van der Waals surface area contributed by atoms with Crippen LogP contribution in [-0.4, -0.2) is 34.4 Å². The van der Waals surface area contributed by atoms with Gasteiger partial charge >= 0.3 is 6.09 Å². The molecule has 0 saturated carbocycles. The Labute approximate surface area is 110 Å². The first-order valence-corrected chi connectivity index (χ1v) is 5.93. The zero-order valence-electron chi connectivity index (χ0n) is 10.5. The number of aromatic nitrogens is 3. The molecule has 2 aromatic rings. The van der Waals surface area contributed by atoms with E-state index in [1.54, 1.807) is 31.5 Å². The Bertz CT molecular complexity index is 527. The second-order valence-corrected chi connectivity index (χ2v) is 3.63. The van der Waals surface area contributed by atoms with E-state index in [2.05, 4.69) is 20.5 Å². The number of nitrogens with zero attached hydrogens (tertiary/aromatic N) is 3. The number of carbonyl (C=O) groups is 1. The number of alkyl carbamates (subject to hydrolysis) is 1. The summed E-state index contributed by atoms with van der Waals surface area (Å²) in [4.78, 5) is 15.0. The lowest BCUT2D eigenvalue weighted by Gasteiger charge is -2.02. The van der Waals surface area contributed by atoms with Gasteiger partial charge in [0, 0.05) is 30.9 Å². The second-order valence-electron chi connectivity index (χ2n) is 3.63. The van der Waals surface area contributed by atoms with Gasteiger partial charge < -0.3 is 14.5 Å². The summed E-state index contributed by atoms with van der Waals surface area (Å²) in [5, 5.41) is 10.4. The Balaban J connectivity index is 1.86. The molecule has 7 nitrogen and oxygen atoms in total. The van der Waals surface area contributed by atoms with E-state index in [1.807, 2.05) is 0 Å². The fraction of sp³-hybridized carbons (Fsp3) is 0.333. The van der Waals surface area contributed by atoms with Crippen molar-refractivity contribution in [3.05, 3.63) is 30.4 Å². The molecule has 7 heteroatoms. The summed E-state index contributed by atoms with van der Waals surface area (Å²) < 4.78 is 10.2. The summed E-state index contributed by atoms with van der Waals surface area (Å²) in [6.45, 7) is 2.48. The van der Waals surface area contributed by atoms with Gasteiger partial charge in [-0.2, -0.15) is 0 Å². The first kappa shape index (κ1) is 13.0. The molecule has 0 aromatic carbocycles. The largest absolute Gasteiger partial charge is 0.450 e. The summed E-state index contributed by atoms with van der Waals surface area (Å²) in [5.74, 6) is 0.900. The van der Waals surface area contributed by atoms with Gasteiger partial charge in [0.25, 0.3) is 0 Å². The van der Waals surface area contributed by atoms with Crippen LogP contribution in [0.4, 0.5) is 4.79 Å². The minimum Gasteiger partial charge on any atom is -0.450 e. The van der Waals surface area contributed by atoms with Crippen molar-refractivity contribution in [3.63, 3.8) is 0 Å². The van der Waals surface area contributed by atoms with Gasteiger partial charge in [-0.15, -0.1) is 10.2 Å². The van der Waals surface area contributed by atoms with Crippen molar-refractivity contribution in [1.82, 2.24) is 20.5 Å². The Morgan fingerprint density at radius 2 is 2.16 bits per heavy atom. The van der Waals surface area contributed by atoms with Crippen molar-refractivity contribution >= 4 is 6.09 Å². The third-order valence-corrected chi connectivity index (χ3v) is 2.28. The molecule has 0 aliphatic heterocycles. The number of hydrogen-bond donors (Lipinski definition) is 1. The predicted molar refractivity (Wildman–Crippen MR) is 66.3 cm³/mol. The zero-order chi connectivity index (χ0) is 13.5. The summed E-state index contributed by atoms with van der Waals surface area (Å²) in [5.41, 5.74) is 0.812. The van der Waals surface area contributed by atoms with Crippen molar-refractivity contribution in [1.29, 1.82) is 0 Å². The topological polar surface area (TPSA) is 90.1 Å². The maximum Gasteiger partial charge on any atom is 0.407 e. The SMILES string of the molecule is CCOC(=O)NCCc1nnc(-c2ccncc2)o1. The van der Waals surface area contributed by atoms with Gasteiger partial charge in [0.15, 0.2) is 0 Å². The number of pyridine rings is 1. The molecular formula is C12H14N4O3. The lowest BCUT2D eigenvalue weighted by atomic mass is 10.3. The molecule has 19 heavy (non-hydrogen) atoms. The molecule has 0 aliphatic rings. The molecule has 2 heterocycles. The Morgan fingerprint density at radius 1 is 1.37 bits per heavy atom. The van der Waals surface area contributed by atoms with Crippen LogP contribution in [0, 0.1) is 0 Å². The molecule has 0 saturated heterocycles. The van der Waals surface area contributed by atoms with Crippen LogP contribution in [0.5, 0.6) is 0 Å². The quantitative estimate of drug-likeness (QED) is 0.876. The number of carbonyl (C=O) groups excluding carboxylic acids is 1. The minimum absolute atomic E-state index is 0.346. The molecule has 100 valence electrons. The Kier molecular flexibility index (Phi) is 4.44. The lowest BCUT2D eigenvalue weighted by Crippen LogP contribution is -2.26. The van der Waals surface area contributed by atoms with E-state index in [0.29, 0.717) is 31.4 Å². The van der Waals surface area contributed by atoms with Gasteiger partial charge in [-0.1, -0.05) is 0 Å². The molecule has 0 bridgehead atoms. The van der Waals surface area contributed by atoms with E-state index in [1.165, 1.54) is 0 Å². The van der Waals surface area contributed by atoms with Crippen molar-refractivity contribution in [2.45, 2.75) is 13.3 Å². The highest BCUT2D eigenvalue weighted by atomic mass is 16.5. The van der Waals surface area contributed by atoms with Gasteiger partial charge in [-0.05, 0) is 19.1 Å². The standard InChI is InChI=1S/C12H14N4O3/c1-2-18-12(17)14-8-5-10-15-16-11(19-10)9-3-6-13-7-4-9/h3-4,6-7H,2,5,8H2,1H3,(H,14,17). The van der Waals surface area contributed by atoms with Crippen LogP contribution in [-0.2, 0) is 11.2 Å². The second kappa shape index (κ2) is 6.48. The van der Waals surface area contributed by atoms with Gasteiger partial charge in [0.2, 0.25) is 11.8 Å². The van der Waals surface area contributed by atoms with E-state index >= 15 is 0 Å². The number of amides is 1. The van der Waals surface area contributed by atoms with Crippen molar-refractivity contribution in [2.24, 2.45) is 0 Å². The molecule has 0 unspecified atom stereocenters.